The highest BCUT2D eigenvalue weighted by molar-refractivity contribution is 8.01. The van der Waals surface area contributed by atoms with Gasteiger partial charge in [0.15, 0.2) is 4.34 Å². The molecule has 1 aromatic heterocycles. The van der Waals surface area contributed by atoms with Crippen LogP contribution < -0.4 is 10.1 Å². The predicted octanol–water partition coefficient (Wildman–Crippen LogP) is 4.81. The van der Waals surface area contributed by atoms with Crippen LogP contribution in [0.2, 0.25) is 0 Å². The normalized spacial score (nSPS) is 10.5. The van der Waals surface area contributed by atoms with Crippen LogP contribution in [0.3, 0.4) is 0 Å². The molecule has 0 aliphatic carbocycles. The van der Waals surface area contributed by atoms with Gasteiger partial charge in [0.25, 0.3) is 0 Å². The first-order valence-electron chi connectivity index (χ1n) is 7.39. The molecule has 24 heavy (non-hydrogen) atoms. The molecule has 0 aliphatic heterocycles. The van der Waals surface area contributed by atoms with Crippen molar-refractivity contribution in [3.8, 4) is 11.5 Å². The fourth-order valence-corrected chi connectivity index (χ4v) is 3.63. The summed E-state index contributed by atoms with van der Waals surface area (Å²) in [6, 6.07) is 17.5. The van der Waals surface area contributed by atoms with Gasteiger partial charge in [0.05, 0.1) is 6.61 Å². The Morgan fingerprint density at radius 2 is 1.75 bits per heavy atom. The molecule has 3 aromatic rings. The van der Waals surface area contributed by atoms with Crippen LogP contribution in [0.25, 0.3) is 0 Å². The van der Waals surface area contributed by atoms with Crippen LogP contribution in [0.1, 0.15) is 0 Å². The molecule has 0 radical (unpaired) electrons. The van der Waals surface area contributed by atoms with E-state index in [9.17, 15) is 0 Å². The van der Waals surface area contributed by atoms with Gasteiger partial charge in [0.2, 0.25) is 5.13 Å². The topological polar surface area (TPSA) is 56.3 Å². The Labute approximate surface area is 149 Å². The Kier molecular flexibility index (Phi) is 6.06. The van der Waals surface area contributed by atoms with Crippen LogP contribution in [-0.2, 0) is 4.74 Å². The number of para-hydroxylation sites is 1. The zero-order valence-corrected chi connectivity index (χ0v) is 14.8. The number of ether oxygens (including phenoxy) is 2. The van der Waals surface area contributed by atoms with Gasteiger partial charge in [-0.15, -0.1) is 10.2 Å². The molecule has 0 unspecified atom stereocenters. The zero-order chi connectivity index (χ0) is 16.6. The average Bonchev–Trinajstić information content (AvgIpc) is 3.05. The third-order valence-corrected chi connectivity index (χ3v) is 4.94. The molecular formula is C17H17N3O2S2. The van der Waals surface area contributed by atoms with Crippen LogP contribution in [-0.4, -0.2) is 29.7 Å². The number of anilines is 2. The van der Waals surface area contributed by atoms with Gasteiger partial charge < -0.3 is 14.8 Å². The number of thioether (sulfide) groups is 1. The summed E-state index contributed by atoms with van der Waals surface area (Å²) in [4.78, 5) is 0. The van der Waals surface area contributed by atoms with E-state index in [0.717, 1.165) is 32.4 Å². The predicted molar refractivity (Wildman–Crippen MR) is 98.7 cm³/mol. The quantitative estimate of drug-likeness (QED) is 0.460. The lowest BCUT2D eigenvalue weighted by Crippen LogP contribution is -1.90. The second-order valence-electron chi connectivity index (χ2n) is 4.78. The van der Waals surface area contributed by atoms with Crippen molar-refractivity contribution >= 4 is 33.9 Å². The van der Waals surface area contributed by atoms with Crippen molar-refractivity contribution < 1.29 is 9.47 Å². The van der Waals surface area contributed by atoms with E-state index in [1.54, 1.807) is 18.9 Å². The van der Waals surface area contributed by atoms with E-state index in [1.165, 1.54) is 11.3 Å². The van der Waals surface area contributed by atoms with Gasteiger partial charge in [-0.05, 0) is 36.4 Å². The summed E-state index contributed by atoms with van der Waals surface area (Å²) < 4.78 is 11.7. The zero-order valence-electron chi connectivity index (χ0n) is 13.1. The molecule has 0 bridgehead atoms. The number of aromatic nitrogens is 2. The SMILES string of the molecule is COCCSc1nnc(Nc2ccc(Oc3ccccc3)cc2)s1. The average molecular weight is 359 g/mol. The van der Waals surface area contributed by atoms with Gasteiger partial charge in [-0.25, -0.2) is 0 Å². The summed E-state index contributed by atoms with van der Waals surface area (Å²) in [6.07, 6.45) is 0. The van der Waals surface area contributed by atoms with E-state index < -0.39 is 0 Å². The largest absolute Gasteiger partial charge is 0.457 e. The minimum atomic E-state index is 0.704. The molecular weight excluding hydrogens is 342 g/mol. The van der Waals surface area contributed by atoms with Crippen LogP contribution in [0.15, 0.2) is 58.9 Å². The lowest BCUT2D eigenvalue weighted by molar-refractivity contribution is 0.218. The molecule has 0 aliphatic rings. The van der Waals surface area contributed by atoms with Crippen LogP contribution in [0.5, 0.6) is 11.5 Å². The molecule has 5 nitrogen and oxygen atoms in total. The number of methoxy groups -OCH3 is 1. The summed E-state index contributed by atoms with van der Waals surface area (Å²) in [5.41, 5.74) is 0.944. The monoisotopic (exact) mass is 359 g/mol. The number of nitrogens with zero attached hydrogens (tertiary/aromatic N) is 2. The molecule has 0 atom stereocenters. The van der Waals surface area contributed by atoms with Gasteiger partial charge in [-0.1, -0.05) is 41.3 Å². The molecule has 0 spiro atoms. The Balaban J connectivity index is 1.56. The maximum Gasteiger partial charge on any atom is 0.210 e. The lowest BCUT2D eigenvalue weighted by Gasteiger charge is -2.06. The van der Waals surface area contributed by atoms with Gasteiger partial charge in [-0.3, -0.25) is 0 Å². The first-order chi connectivity index (χ1) is 11.8. The third kappa shape index (κ3) is 4.95. The van der Waals surface area contributed by atoms with Crippen molar-refractivity contribution in [1.29, 1.82) is 0 Å². The minimum absolute atomic E-state index is 0.704. The van der Waals surface area contributed by atoms with E-state index in [1.807, 2.05) is 54.6 Å². The fraction of sp³-hybridized carbons (Fsp3) is 0.176. The smallest absolute Gasteiger partial charge is 0.210 e. The number of hydrogen-bond donors (Lipinski definition) is 1. The molecule has 2 aromatic carbocycles. The van der Waals surface area contributed by atoms with E-state index in [-0.39, 0.29) is 0 Å². The van der Waals surface area contributed by atoms with Crippen molar-refractivity contribution in [2.45, 2.75) is 4.34 Å². The van der Waals surface area contributed by atoms with Crippen LogP contribution >= 0.6 is 23.1 Å². The first-order valence-corrected chi connectivity index (χ1v) is 9.19. The van der Waals surface area contributed by atoms with Crippen molar-refractivity contribution in [2.75, 3.05) is 24.8 Å². The second-order valence-corrected chi connectivity index (χ2v) is 7.10. The first kappa shape index (κ1) is 16.8. The summed E-state index contributed by atoms with van der Waals surface area (Å²) >= 11 is 3.17. The highest BCUT2D eigenvalue weighted by atomic mass is 32.2. The molecule has 3 rings (SSSR count). The molecule has 0 saturated heterocycles. The Morgan fingerprint density at radius 3 is 2.50 bits per heavy atom. The van der Waals surface area contributed by atoms with Gasteiger partial charge in [0, 0.05) is 18.6 Å². The number of hydrogen-bond acceptors (Lipinski definition) is 7. The minimum Gasteiger partial charge on any atom is -0.457 e. The molecule has 1 heterocycles. The molecule has 0 saturated carbocycles. The maximum atomic E-state index is 5.77. The van der Waals surface area contributed by atoms with Crippen LogP contribution in [0.4, 0.5) is 10.8 Å². The van der Waals surface area contributed by atoms with Crippen molar-refractivity contribution in [3.05, 3.63) is 54.6 Å². The summed E-state index contributed by atoms with van der Waals surface area (Å²) in [7, 11) is 1.69. The van der Waals surface area contributed by atoms with Gasteiger partial charge in [0.1, 0.15) is 11.5 Å². The van der Waals surface area contributed by atoms with E-state index in [0.29, 0.717) is 6.61 Å². The number of nitrogens with one attached hydrogen (secondary N) is 1. The molecule has 124 valence electrons. The Hall–Kier alpha value is -2.09. The highest BCUT2D eigenvalue weighted by Crippen LogP contribution is 2.28. The maximum absolute atomic E-state index is 5.77. The second kappa shape index (κ2) is 8.68. The van der Waals surface area contributed by atoms with Gasteiger partial charge in [-0.2, -0.15) is 0 Å². The molecule has 7 heteroatoms. The summed E-state index contributed by atoms with van der Waals surface area (Å²) in [6.45, 7) is 0.704. The lowest BCUT2D eigenvalue weighted by atomic mass is 10.3. The molecule has 0 amide bonds. The standard InChI is InChI=1S/C17H17N3O2S2/c1-21-11-12-23-17-20-19-16(24-17)18-13-7-9-15(10-8-13)22-14-5-3-2-4-6-14/h2-10H,11-12H2,1H3,(H,18,19). The highest BCUT2D eigenvalue weighted by Gasteiger charge is 2.05. The Bertz CT molecular complexity index is 748. The summed E-state index contributed by atoms with van der Waals surface area (Å²) in [5.74, 6) is 2.48. The number of benzene rings is 2. The summed E-state index contributed by atoms with van der Waals surface area (Å²) in [5, 5.41) is 12.3. The van der Waals surface area contributed by atoms with E-state index >= 15 is 0 Å². The van der Waals surface area contributed by atoms with Crippen molar-refractivity contribution in [2.24, 2.45) is 0 Å². The van der Waals surface area contributed by atoms with E-state index in [4.69, 9.17) is 9.47 Å². The van der Waals surface area contributed by atoms with Crippen molar-refractivity contribution in [3.63, 3.8) is 0 Å². The fourth-order valence-electron chi connectivity index (χ4n) is 1.89. The third-order valence-electron chi connectivity index (χ3n) is 3.00. The van der Waals surface area contributed by atoms with Crippen molar-refractivity contribution in [1.82, 2.24) is 10.2 Å². The van der Waals surface area contributed by atoms with Crippen LogP contribution in [0, 0.1) is 0 Å². The van der Waals surface area contributed by atoms with E-state index in [2.05, 4.69) is 15.5 Å². The number of rotatable bonds is 8. The molecule has 1 N–H and O–H groups in total. The molecule has 0 fully saturated rings. The Morgan fingerprint density at radius 1 is 1.00 bits per heavy atom. The van der Waals surface area contributed by atoms with Gasteiger partial charge >= 0.3 is 0 Å².